The number of rotatable bonds is 8. The van der Waals surface area contributed by atoms with Gasteiger partial charge in [0.15, 0.2) is 6.10 Å². The number of imide groups is 1. The predicted octanol–water partition coefficient (Wildman–Crippen LogP) is 4.50. The average molecular weight is 517 g/mol. The summed E-state index contributed by atoms with van der Waals surface area (Å²) in [5.41, 5.74) is 2.42. The number of hydroxylamine groups is 1. The van der Waals surface area contributed by atoms with Gasteiger partial charge in [0.25, 0.3) is 11.6 Å². The van der Waals surface area contributed by atoms with Crippen molar-refractivity contribution in [1.29, 1.82) is 0 Å². The molecule has 2 saturated heterocycles. The topological polar surface area (TPSA) is 105 Å². The molecule has 0 aliphatic carbocycles. The summed E-state index contributed by atoms with van der Waals surface area (Å²) < 4.78 is 5.62. The second-order valence-corrected chi connectivity index (χ2v) is 9.44. The number of nitro groups is 1. The van der Waals surface area contributed by atoms with E-state index in [0.717, 1.165) is 22.6 Å². The minimum Gasteiger partial charge on any atom is -0.494 e. The number of nitrogens with zero attached hydrogens (tertiary/aromatic N) is 4. The molecule has 3 aromatic rings. The molecular formula is C28H28N4O6. The number of hydrogen-bond donors (Lipinski definition) is 0. The third kappa shape index (κ3) is 4.43. The van der Waals surface area contributed by atoms with Crippen molar-refractivity contribution in [2.45, 2.75) is 25.5 Å². The van der Waals surface area contributed by atoms with Crippen LogP contribution in [-0.4, -0.2) is 43.5 Å². The van der Waals surface area contributed by atoms with Crippen LogP contribution in [0.15, 0.2) is 72.8 Å². The molecule has 10 nitrogen and oxygen atoms in total. The lowest BCUT2D eigenvalue weighted by atomic mass is 9.90. The lowest BCUT2D eigenvalue weighted by Gasteiger charge is -2.29. The highest BCUT2D eigenvalue weighted by atomic mass is 16.7. The molecule has 0 N–H and O–H groups in total. The fraction of sp³-hybridized carbons (Fsp3) is 0.286. The molecule has 0 saturated carbocycles. The third-order valence-electron chi connectivity index (χ3n) is 6.73. The summed E-state index contributed by atoms with van der Waals surface area (Å²) in [4.78, 5) is 47.5. The van der Waals surface area contributed by atoms with E-state index in [9.17, 15) is 19.7 Å². The number of carbonyl (C=O) groups is 2. The summed E-state index contributed by atoms with van der Waals surface area (Å²) in [7, 11) is 3.85. The van der Waals surface area contributed by atoms with E-state index in [2.05, 4.69) is 0 Å². The summed E-state index contributed by atoms with van der Waals surface area (Å²) in [5, 5.41) is 12.9. The van der Waals surface area contributed by atoms with Gasteiger partial charge in [-0.25, -0.2) is 9.96 Å². The quantitative estimate of drug-likeness (QED) is 0.245. The van der Waals surface area contributed by atoms with Gasteiger partial charge in [-0.15, -0.1) is 0 Å². The first-order valence-corrected chi connectivity index (χ1v) is 12.4. The maximum absolute atomic E-state index is 13.8. The van der Waals surface area contributed by atoms with E-state index in [1.807, 2.05) is 50.2 Å². The summed E-state index contributed by atoms with van der Waals surface area (Å²) in [6.07, 6.45) is -0.208. The Hall–Kier alpha value is -4.44. The highest BCUT2D eigenvalue weighted by Crippen LogP contribution is 2.48. The molecule has 2 heterocycles. The van der Waals surface area contributed by atoms with Crippen molar-refractivity contribution >= 4 is 34.6 Å². The van der Waals surface area contributed by atoms with Crippen molar-refractivity contribution in [2.75, 3.05) is 35.6 Å². The zero-order chi connectivity index (χ0) is 27.0. The monoisotopic (exact) mass is 516 g/mol. The van der Waals surface area contributed by atoms with E-state index in [-0.39, 0.29) is 5.69 Å². The third-order valence-corrected chi connectivity index (χ3v) is 6.73. The second-order valence-electron chi connectivity index (χ2n) is 9.44. The molecule has 5 rings (SSSR count). The van der Waals surface area contributed by atoms with Crippen LogP contribution >= 0.6 is 0 Å². The molecule has 0 bridgehead atoms. The zero-order valence-electron chi connectivity index (χ0n) is 21.3. The van der Waals surface area contributed by atoms with Crippen LogP contribution in [0.25, 0.3) is 0 Å². The first-order chi connectivity index (χ1) is 18.3. The van der Waals surface area contributed by atoms with E-state index < -0.39 is 34.8 Å². The lowest BCUT2D eigenvalue weighted by molar-refractivity contribution is -0.384. The van der Waals surface area contributed by atoms with E-state index in [0.29, 0.717) is 23.7 Å². The van der Waals surface area contributed by atoms with Crippen LogP contribution in [0.1, 0.15) is 24.9 Å². The molecule has 0 spiro atoms. The predicted molar refractivity (Wildman–Crippen MR) is 142 cm³/mol. The Kier molecular flexibility index (Phi) is 6.73. The average Bonchev–Trinajstić information content (AvgIpc) is 3.43. The smallest absolute Gasteiger partial charge is 0.271 e. The number of fused-ring (bicyclic) bond motifs is 1. The molecule has 3 aromatic carbocycles. The number of carbonyl (C=O) groups excluding carboxylic acids is 2. The van der Waals surface area contributed by atoms with Gasteiger partial charge in [-0.2, -0.15) is 0 Å². The molecule has 2 aliphatic rings. The Morgan fingerprint density at radius 2 is 1.68 bits per heavy atom. The summed E-state index contributed by atoms with van der Waals surface area (Å²) in [5.74, 6) is -1.06. The highest BCUT2D eigenvalue weighted by Gasteiger charge is 2.60. The van der Waals surface area contributed by atoms with Crippen molar-refractivity contribution in [1.82, 2.24) is 0 Å². The standard InChI is InChI=1S/C28H28N4O6/c1-4-16-37-23-14-12-20(13-15-23)30-27(33)24-25(18-8-10-19(11-9-18)29(2)3)31(38-26(24)28(30)34)21-6-5-7-22(17-21)32(35)36/h5-15,17,24-26H,4,16H2,1-3H3/t24-,25+,26-/m0/s1. The van der Waals surface area contributed by atoms with E-state index in [1.54, 1.807) is 36.4 Å². The number of benzene rings is 3. The van der Waals surface area contributed by atoms with Gasteiger partial charge in [0, 0.05) is 31.9 Å². The Bertz CT molecular complexity index is 1360. The Morgan fingerprint density at radius 3 is 2.32 bits per heavy atom. The Labute approximate surface area is 220 Å². The number of amides is 2. The van der Waals surface area contributed by atoms with Crippen LogP contribution in [0, 0.1) is 16.0 Å². The lowest BCUT2D eigenvalue weighted by Crippen LogP contribution is -2.37. The highest BCUT2D eigenvalue weighted by molar-refractivity contribution is 6.23. The van der Waals surface area contributed by atoms with Crippen LogP contribution in [0.4, 0.5) is 22.7 Å². The summed E-state index contributed by atoms with van der Waals surface area (Å²) in [6, 6.07) is 19.7. The van der Waals surface area contributed by atoms with Crippen molar-refractivity contribution in [2.24, 2.45) is 5.92 Å². The minimum atomic E-state index is -1.07. The van der Waals surface area contributed by atoms with Gasteiger partial charge in [0.05, 0.1) is 28.9 Å². The maximum Gasteiger partial charge on any atom is 0.271 e. The van der Waals surface area contributed by atoms with E-state index in [4.69, 9.17) is 9.57 Å². The maximum atomic E-state index is 13.8. The van der Waals surface area contributed by atoms with Crippen LogP contribution in [-0.2, 0) is 14.4 Å². The minimum absolute atomic E-state index is 0.116. The van der Waals surface area contributed by atoms with Crippen LogP contribution in [0.5, 0.6) is 5.75 Å². The van der Waals surface area contributed by atoms with Gasteiger partial charge in [0.2, 0.25) is 5.91 Å². The van der Waals surface area contributed by atoms with Gasteiger partial charge in [-0.05, 0) is 54.4 Å². The van der Waals surface area contributed by atoms with E-state index in [1.165, 1.54) is 17.2 Å². The van der Waals surface area contributed by atoms with Gasteiger partial charge in [-0.3, -0.25) is 24.5 Å². The molecule has 2 fully saturated rings. The SMILES string of the molecule is CCCOc1ccc(N2C(=O)[C@@H]3[C@H](ON(c4cccc([N+](=O)[O-])c4)[C@@H]3c3ccc(N(C)C)cc3)C2=O)cc1. The second kappa shape index (κ2) is 10.1. The summed E-state index contributed by atoms with van der Waals surface area (Å²) >= 11 is 0. The van der Waals surface area contributed by atoms with E-state index >= 15 is 0 Å². The van der Waals surface area contributed by atoms with Crippen molar-refractivity contribution < 1.29 is 24.1 Å². The van der Waals surface area contributed by atoms with Crippen molar-refractivity contribution in [3.8, 4) is 5.75 Å². The largest absolute Gasteiger partial charge is 0.494 e. The molecule has 0 aromatic heterocycles. The molecule has 2 aliphatic heterocycles. The molecule has 3 atom stereocenters. The molecule has 2 amide bonds. The molecular weight excluding hydrogens is 488 g/mol. The van der Waals surface area contributed by atoms with Crippen LogP contribution < -0.4 is 19.6 Å². The van der Waals surface area contributed by atoms with Gasteiger partial charge in [-0.1, -0.05) is 25.1 Å². The molecule has 10 heteroatoms. The van der Waals surface area contributed by atoms with Crippen LogP contribution in [0.3, 0.4) is 0 Å². The number of nitro benzene ring substituents is 1. The Morgan fingerprint density at radius 1 is 0.974 bits per heavy atom. The summed E-state index contributed by atoms with van der Waals surface area (Å²) in [6.45, 7) is 2.58. The first kappa shape index (κ1) is 25.2. The molecule has 196 valence electrons. The van der Waals surface area contributed by atoms with Gasteiger partial charge in [0.1, 0.15) is 11.7 Å². The van der Waals surface area contributed by atoms with Gasteiger partial charge < -0.3 is 9.64 Å². The zero-order valence-corrected chi connectivity index (χ0v) is 21.3. The number of hydrogen-bond acceptors (Lipinski definition) is 8. The number of non-ortho nitro benzene ring substituents is 1. The molecule has 0 radical (unpaired) electrons. The first-order valence-electron chi connectivity index (χ1n) is 12.4. The van der Waals surface area contributed by atoms with Gasteiger partial charge >= 0.3 is 0 Å². The van der Waals surface area contributed by atoms with Crippen LogP contribution in [0.2, 0.25) is 0 Å². The number of anilines is 3. The fourth-order valence-electron chi connectivity index (χ4n) is 4.86. The van der Waals surface area contributed by atoms with Crippen molar-refractivity contribution in [3.63, 3.8) is 0 Å². The Balaban J connectivity index is 1.52. The molecule has 38 heavy (non-hydrogen) atoms. The van der Waals surface area contributed by atoms with Crippen molar-refractivity contribution in [3.05, 3.63) is 88.5 Å². The normalized spacial score (nSPS) is 20.6. The fourth-order valence-corrected chi connectivity index (χ4v) is 4.86. The molecule has 0 unspecified atom stereocenters. The number of ether oxygens (including phenoxy) is 1.